The minimum atomic E-state index is -0.521. The molecule has 2 unspecified atom stereocenters. The maximum absolute atomic E-state index is 10.1. The van der Waals surface area contributed by atoms with Gasteiger partial charge in [0.15, 0.2) is 0 Å². The number of aromatic nitrogens is 1. The molecule has 1 aromatic heterocycles. The second-order valence-corrected chi connectivity index (χ2v) is 5.98. The van der Waals surface area contributed by atoms with Gasteiger partial charge in [-0.3, -0.25) is 0 Å². The van der Waals surface area contributed by atoms with Gasteiger partial charge in [0, 0.05) is 16.8 Å². The molecule has 2 atom stereocenters. The smallest absolute Gasteiger partial charge is 0.112 e. The van der Waals surface area contributed by atoms with Crippen LogP contribution >= 0.6 is 11.3 Å². The molecule has 0 saturated carbocycles. The Morgan fingerprint density at radius 2 is 2.12 bits per heavy atom. The predicted octanol–water partition coefficient (Wildman–Crippen LogP) is 2.47. The van der Waals surface area contributed by atoms with Gasteiger partial charge in [-0.2, -0.15) is 0 Å². The lowest BCUT2D eigenvalue weighted by atomic mass is 9.98. The fourth-order valence-electron chi connectivity index (χ4n) is 1.46. The Morgan fingerprint density at radius 3 is 2.56 bits per heavy atom. The van der Waals surface area contributed by atoms with E-state index in [9.17, 15) is 5.11 Å². The first-order valence-electron chi connectivity index (χ1n) is 5.73. The number of nitrogens with one attached hydrogen (secondary N) is 1. The van der Waals surface area contributed by atoms with E-state index >= 15 is 0 Å². The number of rotatable bonds is 4. The van der Waals surface area contributed by atoms with Crippen molar-refractivity contribution < 1.29 is 5.11 Å². The summed E-state index contributed by atoms with van der Waals surface area (Å²) in [4.78, 5) is 4.51. The molecule has 0 aromatic carbocycles. The topological polar surface area (TPSA) is 45.1 Å². The van der Waals surface area contributed by atoms with Crippen molar-refractivity contribution in [3.8, 4) is 0 Å². The molecule has 0 aliphatic rings. The van der Waals surface area contributed by atoms with Crippen LogP contribution in [-0.2, 0) is 5.41 Å². The molecule has 1 heterocycles. The summed E-state index contributed by atoms with van der Waals surface area (Å²) in [7, 11) is 0. The lowest BCUT2D eigenvalue weighted by Crippen LogP contribution is -2.32. The number of nitrogens with zero attached hydrogens (tertiary/aromatic N) is 1. The van der Waals surface area contributed by atoms with Gasteiger partial charge in [-0.25, -0.2) is 4.98 Å². The third-order valence-electron chi connectivity index (χ3n) is 2.47. The molecule has 0 aliphatic heterocycles. The average molecular weight is 242 g/mol. The molecule has 0 aliphatic carbocycles. The summed E-state index contributed by atoms with van der Waals surface area (Å²) in [6, 6.07) is 0.0416. The molecule has 0 radical (unpaired) electrons. The van der Waals surface area contributed by atoms with Crippen molar-refractivity contribution in [1.82, 2.24) is 10.3 Å². The molecule has 0 fully saturated rings. The van der Waals surface area contributed by atoms with Crippen molar-refractivity contribution in [3.63, 3.8) is 0 Å². The largest absolute Gasteiger partial charge is 0.385 e. The van der Waals surface area contributed by atoms with Crippen LogP contribution in [0.4, 0.5) is 0 Å². The number of likely N-dealkylation sites (N-methyl/N-ethyl adjacent to an activating group) is 1. The Balaban J connectivity index is 2.78. The fraction of sp³-hybridized carbons (Fsp3) is 0.750. The highest BCUT2D eigenvalue weighted by Gasteiger charge is 2.22. The third-order valence-corrected chi connectivity index (χ3v) is 3.75. The lowest BCUT2D eigenvalue weighted by molar-refractivity contribution is 0.133. The van der Waals surface area contributed by atoms with E-state index in [1.165, 1.54) is 0 Å². The SMILES string of the molecule is CCNC(C)C(O)c1csc(C(C)(C)C)n1. The molecule has 3 nitrogen and oxygen atoms in total. The zero-order chi connectivity index (χ0) is 12.3. The summed E-state index contributed by atoms with van der Waals surface area (Å²) in [6.07, 6.45) is -0.521. The van der Waals surface area contributed by atoms with Crippen LogP contribution in [0.1, 0.15) is 51.4 Å². The van der Waals surface area contributed by atoms with Gasteiger partial charge in [-0.15, -0.1) is 11.3 Å². The summed E-state index contributed by atoms with van der Waals surface area (Å²) in [5.41, 5.74) is 0.840. The van der Waals surface area contributed by atoms with Crippen LogP contribution in [-0.4, -0.2) is 22.7 Å². The Labute approximate surface area is 102 Å². The normalized spacial score (nSPS) is 16.1. The van der Waals surface area contributed by atoms with Crippen molar-refractivity contribution >= 4 is 11.3 Å². The molecule has 92 valence electrons. The minimum Gasteiger partial charge on any atom is -0.385 e. The van der Waals surface area contributed by atoms with E-state index in [2.05, 4.69) is 31.1 Å². The maximum Gasteiger partial charge on any atom is 0.112 e. The summed E-state index contributed by atoms with van der Waals surface area (Å²) < 4.78 is 0. The summed E-state index contributed by atoms with van der Waals surface area (Å²) in [5.74, 6) is 0. The van der Waals surface area contributed by atoms with E-state index in [1.807, 2.05) is 19.2 Å². The summed E-state index contributed by atoms with van der Waals surface area (Å²) >= 11 is 1.62. The summed E-state index contributed by atoms with van der Waals surface area (Å²) in [5, 5.41) is 16.3. The highest BCUT2D eigenvalue weighted by atomic mass is 32.1. The highest BCUT2D eigenvalue weighted by Crippen LogP contribution is 2.28. The lowest BCUT2D eigenvalue weighted by Gasteiger charge is -2.18. The fourth-order valence-corrected chi connectivity index (χ4v) is 2.39. The number of hydrogen-bond acceptors (Lipinski definition) is 4. The average Bonchev–Trinajstić information content (AvgIpc) is 2.65. The Morgan fingerprint density at radius 1 is 1.50 bits per heavy atom. The molecule has 0 amide bonds. The molecule has 0 spiro atoms. The van der Waals surface area contributed by atoms with Gasteiger partial charge in [0.2, 0.25) is 0 Å². The number of aliphatic hydroxyl groups is 1. The van der Waals surface area contributed by atoms with E-state index in [0.717, 1.165) is 17.2 Å². The molecular weight excluding hydrogens is 220 g/mol. The Kier molecular flexibility index (Phi) is 4.47. The van der Waals surface area contributed by atoms with Crippen molar-refractivity contribution in [1.29, 1.82) is 0 Å². The van der Waals surface area contributed by atoms with Gasteiger partial charge < -0.3 is 10.4 Å². The van der Waals surface area contributed by atoms with E-state index in [4.69, 9.17) is 0 Å². The maximum atomic E-state index is 10.1. The third kappa shape index (κ3) is 3.27. The second-order valence-electron chi connectivity index (χ2n) is 5.12. The standard InChI is InChI=1S/C12H22N2OS/c1-6-13-8(2)10(15)9-7-16-11(14-9)12(3,4)5/h7-8,10,13,15H,6H2,1-5H3. The highest BCUT2D eigenvalue weighted by molar-refractivity contribution is 7.09. The van der Waals surface area contributed by atoms with Gasteiger partial charge in [0.25, 0.3) is 0 Å². The van der Waals surface area contributed by atoms with E-state index < -0.39 is 6.10 Å². The molecule has 1 aromatic rings. The molecule has 4 heteroatoms. The molecule has 0 bridgehead atoms. The predicted molar refractivity (Wildman–Crippen MR) is 68.9 cm³/mol. The van der Waals surface area contributed by atoms with Crippen LogP contribution in [0.2, 0.25) is 0 Å². The van der Waals surface area contributed by atoms with Crippen molar-refractivity contribution in [2.75, 3.05) is 6.54 Å². The first-order chi connectivity index (χ1) is 7.36. The first kappa shape index (κ1) is 13.6. The van der Waals surface area contributed by atoms with Crippen LogP contribution in [0.15, 0.2) is 5.38 Å². The van der Waals surface area contributed by atoms with Crippen LogP contribution in [0, 0.1) is 0 Å². The number of aliphatic hydroxyl groups excluding tert-OH is 1. The van der Waals surface area contributed by atoms with Crippen molar-refractivity contribution in [2.24, 2.45) is 0 Å². The van der Waals surface area contributed by atoms with Crippen LogP contribution in [0.3, 0.4) is 0 Å². The zero-order valence-electron chi connectivity index (χ0n) is 10.7. The monoisotopic (exact) mass is 242 g/mol. The van der Waals surface area contributed by atoms with Crippen LogP contribution in [0.25, 0.3) is 0 Å². The molecule has 1 rings (SSSR count). The van der Waals surface area contributed by atoms with E-state index in [0.29, 0.717) is 0 Å². The van der Waals surface area contributed by atoms with Gasteiger partial charge in [-0.1, -0.05) is 27.7 Å². The van der Waals surface area contributed by atoms with Crippen LogP contribution in [0.5, 0.6) is 0 Å². The number of thiazole rings is 1. The summed E-state index contributed by atoms with van der Waals surface area (Å²) in [6.45, 7) is 11.3. The Bertz CT molecular complexity index is 330. The molecule has 16 heavy (non-hydrogen) atoms. The van der Waals surface area contributed by atoms with Gasteiger partial charge in [-0.05, 0) is 13.5 Å². The van der Waals surface area contributed by atoms with E-state index in [1.54, 1.807) is 11.3 Å². The van der Waals surface area contributed by atoms with Gasteiger partial charge >= 0.3 is 0 Å². The molecule has 0 saturated heterocycles. The zero-order valence-corrected chi connectivity index (χ0v) is 11.6. The van der Waals surface area contributed by atoms with Gasteiger partial charge in [0.1, 0.15) is 6.10 Å². The van der Waals surface area contributed by atoms with E-state index in [-0.39, 0.29) is 11.5 Å². The van der Waals surface area contributed by atoms with Crippen LogP contribution < -0.4 is 5.32 Å². The first-order valence-corrected chi connectivity index (χ1v) is 6.61. The second kappa shape index (κ2) is 5.25. The number of hydrogen-bond donors (Lipinski definition) is 2. The minimum absolute atomic E-state index is 0.0416. The van der Waals surface area contributed by atoms with Gasteiger partial charge in [0.05, 0.1) is 10.7 Å². The Hall–Kier alpha value is -0.450. The molecule has 2 N–H and O–H groups in total. The quantitative estimate of drug-likeness (QED) is 0.852. The van der Waals surface area contributed by atoms with Crippen molar-refractivity contribution in [2.45, 2.75) is 52.2 Å². The molecular formula is C12H22N2OS. The van der Waals surface area contributed by atoms with Crippen molar-refractivity contribution in [3.05, 3.63) is 16.1 Å².